The van der Waals surface area contributed by atoms with Crippen molar-refractivity contribution >= 4 is 5.97 Å². The number of hydrogen-bond donors (Lipinski definition) is 2. The minimum Gasteiger partial charge on any atom is -0.480 e. The summed E-state index contributed by atoms with van der Waals surface area (Å²) >= 11 is 0. The first kappa shape index (κ1) is 9.95. The molecular weight excluding hydrogens is 174 g/mol. The Bertz CT molecular complexity index is 129. The molecule has 0 amide bonds. The third-order valence-electron chi connectivity index (χ3n) is 1.80. The zero-order valence-electron chi connectivity index (χ0n) is 5.78. The Kier molecular flexibility index (Phi) is 3.94. The molecule has 0 aromatic carbocycles. The van der Waals surface area contributed by atoms with Crippen molar-refractivity contribution in [2.45, 2.75) is 19.4 Å². The molecule has 0 aromatic rings. The molecule has 1 rings (SSSR count). The van der Waals surface area contributed by atoms with E-state index in [4.69, 9.17) is 5.11 Å². The van der Waals surface area contributed by atoms with Crippen LogP contribution >= 0.6 is 0 Å². The predicted molar refractivity (Wildman–Crippen MR) is 33.2 cm³/mol. The summed E-state index contributed by atoms with van der Waals surface area (Å²) in [6, 6.07) is -0.301. The predicted octanol–water partition coefficient (Wildman–Crippen LogP) is 0.0665. The molecular formula is C6H11FeNO2. The zero-order chi connectivity index (χ0) is 6.85. The van der Waals surface area contributed by atoms with Gasteiger partial charge in [0.05, 0.1) is 0 Å². The van der Waals surface area contributed by atoms with E-state index in [1.54, 1.807) is 0 Å². The van der Waals surface area contributed by atoms with Gasteiger partial charge in [0.1, 0.15) is 6.04 Å². The van der Waals surface area contributed by atoms with Gasteiger partial charge in [-0.05, 0) is 18.9 Å². The molecule has 2 atom stereocenters. The summed E-state index contributed by atoms with van der Waals surface area (Å²) in [5, 5.41) is 11.4. The minimum absolute atomic E-state index is 0. The van der Waals surface area contributed by atoms with Crippen molar-refractivity contribution in [3.05, 3.63) is 0 Å². The van der Waals surface area contributed by atoms with Crippen LogP contribution in [0.1, 0.15) is 13.3 Å². The molecule has 4 heteroatoms. The minimum atomic E-state index is -0.722. The third kappa shape index (κ3) is 1.97. The van der Waals surface area contributed by atoms with Crippen LogP contribution in [0.25, 0.3) is 0 Å². The van der Waals surface area contributed by atoms with Crippen LogP contribution in [-0.2, 0) is 21.9 Å². The average Bonchev–Trinajstić information content (AvgIpc) is 2.13. The first-order chi connectivity index (χ1) is 4.22. The molecule has 2 N–H and O–H groups in total. The molecule has 0 spiro atoms. The van der Waals surface area contributed by atoms with Gasteiger partial charge in [0, 0.05) is 17.1 Å². The van der Waals surface area contributed by atoms with Crippen LogP contribution in [0, 0.1) is 5.92 Å². The van der Waals surface area contributed by atoms with E-state index in [-0.39, 0.29) is 23.1 Å². The summed E-state index contributed by atoms with van der Waals surface area (Å²) in [7, 11) is 0. The van der Waals surface area contributed by atoms with Crippen molar-refractivity contribution in [2.24, 2.45) is 5.92 Å². The number of carboxylic acids is 1. The fraction of sp³-hybridized carbons (Fsp3) is 0.833. The molecule has 10 heavy (non-hydrogen) atoms. The van der Waals surface area contributed by atoms with Crippen molar-refractivity contribution in [3.63, 3.8) is 0 Å². The van der Waals surface area contributed by atoms with Crippen molar-refractivity contribution in [3.8, 4) is 0 Å². The van der Waals surface area contributed by atoms with E-state index in [1.165, 1.54) is 0 Å². The number of carboxylic acid groups (broad SMARTS) is 1. The maximum atomic E-state index is 10.3. The van der Waals surface area contributed by atoms with E-state index in [1.807, 2.05) is 6.92 Å². The second-order valence-corrected chi connectivity index (χ2v) is 2.54. The molecule has 0 bridgehead atoms. The summed E-state index contributed by atoms with van der Waals surface area (Å²) in [5.74, 6) is -0.428. The van der Waals surface area contributed by atoms with Gasteiger partial charge in [-0.2, -0.15) is 0 Å². The molecule has 0 aromatic heterocycles. The van der Waals surface area contributed by atoms with Crippen LogP contribution in [0.4, 0.5) is 0 Å². The van der Waals surface area contributed by atoms with E-state index < -0.39 is 5.97 Å². The fourth-order valence-electron chi connectivity index (χ4n) is 1.17. The van der Waals surface area contributed by atoms with E-state index in [9.17, 15) is 4.79 Å². The topological polar surface area (TPSA) is 49.3 Å². The van der Waals surface area contributed by atoms with Crippen molar-refractivity contribution in [1.29, 1.82) is 0 Å². The molecule has 0 radical (unpaired) electrons. The molecule has 60 valence electrons. The van der Waals surface area contributed by atoms with E-state index >= 15 is 0 Å². The van der Waals surface area contributed by atoms with Gasteiger partial charge in [-0.1, -0.05) is 6.92 Å². The van der Waals surface area contributed by atoms with E-state index in [0.717, 1.165) is 13.0 Å². The Labute approximate surface area is 70.7 Å². The Morgan fingerprint density at radius 3 is 2.50 bits per heavy atom. The van der Waals surface area contributed by atoms with Crippen LogP contribution in [0.3, 0.4) is 0 Å². The molecule has 0 aliphatic carbocycles. The number of aliphatic carboxylic acids is 1. The van der Waals surface area contributed by atoms with Crippen LogP contribution in [0.2, 0.25) is 0 Å². The first-order valence-corrected chi connectivity index (χ1v) is 3.18. The van der Waals surface area contributed by atoms with E-state index in [0.29, 0.717) is 5.92 Å². The molecule has 3 nitrogen and oxygen atoms in total. The molecule has 1 aliphatic heterocycles. The van der Waals surface area contributed by atoms with Gasteiger partial charge in [0.15, 0.2) is 0 Å². The van der Waals surface area contributed by atoms with Gasteiger partial charge in [-0.25, -0.2) is 0 Å². The van der Waals surface area contributed by atoms with E-state index in [2.05, 4.69) is 5.32 Å². The standard InChI is InChI=1S/C6H11NO2.Fe/c1-4-2-3-7-5(4)6(8)9;/h4-5,7H,2-3H2,1H3,(H,8,9);/t4?,5-;/m0./s1. The Morgan fingerprint density at radius 2 is 2.30 bits per heavy atom. The second-order valence-electron chi connectivity index (χ2n) is 2.54. The number of hydrogen-bond acceptors (Lipinski definition) is 2. The van der Waals surface area contributed by atoms with Gasteiger partial charge in [0.25, 0.3) is 0 Å². The molecule has 1 fully saturated rings. The number of carbonyl (C=O) groups is 1. The van der Waals surface area contributed by atoms with Gasteiger partial charge in [0.2, 0.25) is 0 Å². The van der Waals surface area contributed by atoms with Crippen LogP contribution in [-0.4, -0.2) is 23.7 Å². The quantitative estimate of drug-likeness (QED) is 0.568. The summed E-state index contributed by atoms with van der Waals surface area (Å²) in [4.78, 5) is 10.3. The summed E-state index contributed by atoms with van der Waals surface area (Å²) in [5.41, 5.74) is 0. The monoisotopic (exact) mass is 185 g/mol. The summed E-state index contributed by atoms with van der Waals surface area (Å²) < 4.78 is 0. The van der Waals surface area contributed by atoms with Crippen LogP contribution in [0.15, 0.2) is 0 Å². The molecule has 1 saturated heterocycles. The SMILES string of the molecule is CC1CCN[C@@H]1C(=O)O.[Fe]. The average molecular weight is 185 g/mol. The van der Waals surface area contributed by atoms with Crippen molar-refractivity contribution in [1.82, 2.24) is 5.32 Å². The van der Waals surface area contributed by atoms with Crippen LogP contribution < -0.4 is 5.32 Å². The Balaban J connectivity index is 0.000000810. The fourth-order valence-corrected chi connectivity index (χ4v) is 1.17. The van der Waals surface area contributed by atoms with Gasteiger partial charge < -0.3 is 10.4 Å². The zero-order valence-corrected chi connectivity index (χ0v) is 6.88. The first-order valence-electron chi connectivity index (χ1n) is 3.18. The number of rotatable bonds is 1. The largest absolute Gasteiger partial charge is 0.480 e. The van der Waals surface area contributed by atoms with Gasteiger partial charge in [-0.15, -0.1) is 0 Å². The second kappa shape index (κ2) is 3.96. The molecule has 1 unspecified atom stereocenters. The maximum Gasteiger partial charge on any atom is 0.320 e. The maximum absolute atomic E-state index is 10.3. The Hall–Kier alpha value is -0.0505. The normalized spacial score (nSPS) is 31.3. The smallest absolute Gasteiger partial charge is 0.320 e. The molecule has 0 saturated carbocycles. The number of nitrogens with one attached hydrogen (secondary N) is 1. The van der Waals surface area contributed by atoms with Crippen molar-refractivity contribution < 1.29 is 27.0 Å². The summed E-state index contributed by atoms with van der Waals surface area (Å²) in [6.07, 6.45) is 0.983. The van der Waals surface area contributed by atoms with Crippen LogP contribution in [0.5, 0.6) is 0 Å². The Morgan fingerprint density at radius 1 is 1.70 bits per heavy atom. The van der Waals surface area contributed by atoms with Crippen molar-refractivity contribution in [2.75, 3.05) is 6.54 Å². The third-order valence-corrected chi connectivity index (χ3v) is 1.80. The molecule has 1 heterocycles. The van der Waals surface area contributed by atoms with Gasteiger partial charge >= 0.3 is 5.97 Å². The molecule has 1 aliphatic rings. The van der Waals surface area contributed by atoms with Gasteiger partial charge in [-0.3, -0.25) is 4.79 Å². The summed E-state index contributed by atoms with van der Waals surface area (Å²) in [6.45, 7) is 2.80.